The maximum Gasteiger partial charge on any atom is 0.319 e. The minimum Gasteiger partial charge on any atom is -0.505 e. The Morgan fingerprint density at radius 1 is 1.19 bits per heavy atom. The molecule has 11 heteroatoms. The lowest BCUT2D eigenvalue weighted by Gasteiger charge is -2.66. The summed E-state index contributed by atoms with van der Waals surface area (Å²) >= 11 is 0. The van der Waals surface area contributed by atoms with Crippen LogP contribution in [0.25, 0.3) is 0 Å². The molecule has 2 unspecified atom stereocenters. The molecule has 0 heterocycles. The molecule has 0 aromatic heterocycles. The van der Waals surface area contributed by atoms with Crippen LogP contribution in [0.5, 0.6) is 5.75 Å². The van der Waals surface area contributed by atoms with Crippen molar-refractivity contribution in [1.82, 2.24) is 5.32 Å². The normalized spacial score (nSPS) is 35.7. The topological polar surface area (TPSA) is 199 Å². The fourth-order valence-corrected chi connectivity index (χ4v) is 8.57. The van der Waals surface area contributed by atoms with Gasteiger partial charge in [0.2, 0.25) is 5.91 Å². The summed E-state index contributed by atoms with van der Waals surface area (Å²) in [5.74, 6) is -7.80. The number of hydrogen-bond acceptors (Lipinski definition) is 8. The number of benzene rings is 1. The first-order chi connectivity index (χ1) is 19.4. The zero-order chi connectivity index (χ0) is 31.7. The van der Waals surface area contributed by atoms with E-state index in [9.17, 15) is 39.6 Å². The van der Waals surface area contributed by atoms with Crippen molar-refractivity contribution in [3.8, 4) is 5.75 Å². The van der Waals surface area contributed by atoms with E-state index >= 15 is 0 Å². The largest absolute Gasteiger partial charge is 0.505 e. The molecule has 2 fully saturated rings. The molecule has 3 amide bonds. The number of rotatable bonds is 6. The van der Waals surface area contributed by atoms with Crippen molar-refractivity contribution in [2.75, 3.05) is 11.9 Å². The Hall–Kier alpha value is -3.28. The van der Waals surface area contributed by atoms with Crippen molar-refractivity contribution in [1.29, 1.82) is 0 Å². The number of aliphatic hydroxyl groups is 3. The Labute approximate surface area is 245 Å². The summed E-state index contributed by atoms with van der Waals surface area (Å²) in [5.41, 5.74) is 1.66. The third-order valence-electron chi connectivity index (χ3n) is 10.1. The predicted molar refractivity (Wildman–Crippen MR) is 155 cm³/mol. The Kier molecular flexibility index (Phi) is 7.89. The minimum absolute atomic E-state index is 0.00431. The number of hydrogen-bond donors (Lipinski definition) is 7. The first-order valence-electron chi connectivity index (χ1n) is 14.4. The SMILES string of the molecule is C=CCNC(=O)Nc1cc(C(C)C)c2c(c1O)C(=O)[C@@H]1C(O)[C@@]3(O)C(=O)[C@H](C(N)=O)C(O)[C@H](C(C)C)[C@@]3(C)C[C@@]1(C)C2. The molecule has 8 atom stereocenters. The van der Waals surface area contributed by atoms with Crippen LogP contribution in [0.2, 0.25) is 0 Å². The molecule has 0 radical (unpaired) electrons. The summed E-state index contributed by atoms with van der Waals surface area (Å²) in [4.78, 5) is 53.0. The van der Waals surface area contributed by atoms with Gasteiger partial charge in [-0.1, -0.05) is 47.6 Å². The number of aliphatic hydroxyl groups excluding tert-OH is 2. The van der Waals surface area contributed by atoms with Crippen LogP contribution in [0.15, 0.2) is 18.7 Å². The van der Waals surface area contributed by atoms with Gasteiger partial charge >= 0.3 is 6.03 Å². The van der Waals surface area contributed by atoms with Crippen LogP contribution in [0.4, 0.5) is 10.5 Å². The van der Waals surface area contributed by atoms with Crippen LogP contribution in [0, 0.1) is 34.5 Å². The van der Waals surface area contributed by atoms with Gasteiger partial charge in [0.25, 0.3) is 0 Å². The predicted octanol–water partition coefficient (Wildman–Crippen LogP) is 2.00. The first-order valence-corrected chi connectivity index (χ1v) is 14.4. The second-order valence-electron chi connectivity index (χ2n) is 13.5. The quantitative estimate of drug-likeness (QED) is 0.149. The van der Waals surface area contributed by atoms with Crippen LogP contribution < -0.4 is 16.4 Å². The van der Waals surface area contributed by atoms with Gasteiger partial charge in [-0.2, -0.15) is 0 Å². The first kappa shape index (κ1) is 31.7. The number of ketones is 2. The van der Waals surface area contributed by atoms with Gasteiger partial charge in [0.1, 0.15) is 17.8 Å². The lowest BCUT2D eigenvalue weighted by atomic mass is 9.39. The highest BCUT2D eigenvalue weighted by Crippen LogP contribution is 2.66. The van der Waals surface area contributed by atoms with Gasteiger partial charge in [-0.15, -0.1) is 6.58 Å². The number of Topliss-reactive ketones (excluding diaryl/α,β-unsaturated/α-hetero) is 2. The van der Waals surface area contributed by atoms with Crippen molar-refractivity contribution < 1.29 is 39.6 Å². The van der Waals surface area contributed by atoms with E-state index < -0.39 is 75.6 Å². The average Bonchev–Trinajstić information content (AvgIpc) is 2.85. The molecule has 3 aliphatic rings. The molecule has 4 rings (SSSR count). The zero-order valence-corrected chi connectivity index (χ0v) is 25.0. The molecular formula is C31H43N3O8. The number of carbonyl (C=O) groups is 4. The number of primary amides is 1. The minimum atomic E-state index is -2.59. The van der Waals surface area contributed by atoms with E-state index in [-0.39, 0.29) is 42.5 Å². The van der Waals surface area contributed by atoms with Gasteiger partial charge in [0, 0.05) is 12.0 Å². The van der Waals surface area contributed by atoms with Gasteiger partial charge in [-0.05, 0) is 53.2 Å². The highest BCUT2D eigenvalue weighted by molar-refractivity contribution is 6.10. The molecule has 0 saturated heterocycles. The zero-order valence-electron chi connectivity index (χ0n) is 25.0. The highest BCUT2D eigenvalue weighted by atomic mass is 16.4. The molecule has 1 aromatic rings. The molecule has 230 valence electrons. The lowest BCUT2D eigenvalue weighted by molar-refractivity contribution is -0.265. The van der Waals surface area contributed by atoms with E-state index in [0.29, 0.717) is 11.1 Å². The summed E-state index contributed by atoms with van der Waals surface area (Å²) in [7, 11) is 0. The van der Waals surface area contributed by atoms with Gasteiger partial charge in [-0.25, -0.2) is 4.79 Å². The van der Waals surface area contributed by atoms with Crippen LogP contribution in [0.3, 0.4) is 0 Å². The number of anilines is 1. The number of amides is 3. The summed E-state index contributed by atoms with van der Waals surface area (Å²) in [6.07, 6.45) is -1.71. The number of nitrogens with two attached hydrogens (primary N) is 1. The van der Waals surface area contributed by atoms with E-state index in [1.165, 1.54) is 6.08 Å². The molecule has 3 aliphatic carbocycles. The van der Waals surface area contributed by atoms with Crippen LogP contribution in [0.1, 0.15) is 75.4 Å². The van der Waals surface area contributed by atoms with E-state index in [1.807, 2.05) is 13.8 Å². The van der Waals surface area contributed by atoms with E-state index in [1.54, 1.807) is 33.8 Å². The summed E-state index contributed by atoms with van der Waals surface area (Å²) in [6, 6.07) is 1.00. The monoisotopic (exact) mass is 585 g/mol. The number of phenols is 1. The summed E-state index contributed by atoms with van der Waals surface area (Å²) in [6.45, 7) is 14.6. The fourth-order valence-electron chi connectivity index (χ4n) is 8.57. The van der Waals surface area contributed by atoms with E-state index in [0.717, 1.165) is 0 Å². The highest BCUT2D eigenvalue weighted by Gasteiger charge is 2.76. The Bertz CT molecular complexity index is 1360. The number of phenolic OH excluding ortho intramolecular Hbond substituents is 1. The summed E-state index contributed by atoms with van der Waals surface area (Å²) < 4.78 is 0. The molecule has 8 N–H and O–H groups in total. The Morgan fingerprint density at radius 2 is 1.81 bits per heavy atom. The van der Waals surface area contributed by atoms with Crippen molar-refractivity contribution in [2.45, 2.75) is 78.1 Å². The van der Waals surface area contributed by atoms with Crippen LogP contribution >= 0.6 is 0 Å². The van der Waals surface area contributed by atoms with Crippen molar-refractivity contribution in [3.63, 3.8) is 0 Å². The Morgan fingerprint density at radius 3 is 2.33 bits per heavy atom. The van der Waals surface area contributed by atoms with Gasteiger partial charge in [0.15, 0.2) is 17.2 Å². The molecule has 2 saturated carbocycles. The number of carbonyl (C=O) groups excluding carboxylic acids is 4. The van der Waals surface area contributed by atoms with Crippen molar-refractivity contribution in [2.24, 2.45) is 40.2 Å². The molecule has 0 aliphatic heterocycles. The van der Waals surface area contributed by atoms with Crippen LogP contribution in [-0.4, -0.2) is 68.3 Å². The lowest BCUT2D eigenvalue weighted by Crippen LogP contribution is -2.79. The number of fused-ring (bicyclic) bond motifs is 3. The van der Waals surface area contributed by atoms with E-state index in [2.05, 4.69) is 17.2 Å². The standard InChI is InChI=1S/C31H43N3O8/c1-8-9-33-28(41)34-17-10-15(13(2)3)16-11-29(6)12-30(7)20(14(4)5)24(37)19(27(32)40)25(38)31(30,42)26(39)21(29)23(36)18(16)22(17)35/h8,10,13-14,19-21,24,26,35,37,39,42H,1,9,11-12H2,2-7H3,(H2,32,40)(H2,33,34,41)/t19-,20+,21-,24?,26?,29-,30-,31+/m1/s1. The third kappa shape index (κ3) is 4.27. The second-order valence-corrected chi connectivity index (χ2v) is 13.5. The smallest absolute Gasteiger partial charge is 0.319 e. The molecule has 1 aromatic carbocycles. The van der Waals surface area contributed by atoms with Crippen molar-refractivity contribution >= 4 is 29.2 Å². The number of aromatic hydroxyl groups is 1. The van der Waals surface area contributed by atoms with Gasteiger partial charge in [-0.3, -0.25) is 14.4 Å². The van der Waals surface area contributed by atoms with Crippen molar-refractivity contribution in [3.05, 3.63) is 35.4 Å². The Balaban J connectivity index is 1.93. The molecule has 11 nitrogen and oxygen atoms in total. The second kappa shape index (κ2) is 10.5. The van der Waals surface area contributed by atoms with Crippen LogP contribution in [-0.2, 0) is 16.0 Å². The molecule has 0 spiro atoms. The molecule has 42 heavy (non-hydrogen) atoms. The number of urea groups is 1. The van der Waals surface area contributed by atoms with Gasteiger partial charge < -0.3 is 36.8 Å². The average molecular weight is 586 g/mol. The third-order valence-corrected chi connectivity index (χ3v) is 10.1. The maximum atomic E-state index is 14.4. The number of nitrogens with one attached hydrogen (secondary N) is 2. The fraction of sp³-hybridized carbons (Fsp3) is 0.613. The summed E-state index contributed by atoms with van der Waals surface area (Å²) in [5, 5.41) is 51.9. The maximum absolute atomic E-state index is 14.4. The van der Waals surface area contributed by atoms with Gasteiger partial charge in [0.05, 0.1) is 23.3 Å². The van der Waals surface area contributed by atoms with E-state index in [4.69, 9.17) is 5.73 Å². The molecule has 0 bridgehead atoms. The molecular weight excluding hydrogens is 542 g/mol.